The maximum absolute atomic E-state index is 12.9. The Labute approximate surface area is 133 Å². The maximum Gasteiger partial charge on any atom is 0.255 e. The van der Waals surface area contributed by atoms with Gasteiger partial charge in [0.05, 0.1) is 0 Å². The number of halogens is 1. The third-order valence-corrected chi connectivity index (χ3v) is 3.59. The summed E-state index contributed by atoms with van der Waals surface area (Å²) in [6.07, 6.45) is 3.68. The number of benzene rings is 2. The Balaban J connectivity index is 1.67. The van der Waals surface area contributed by atoms with Crippen molar-refractivity contribution in [3.63, 3.8) is 0 Å². The van der Waals surface area contributed by atoms with E-state index in [1.165, 1.54) is 24.3 Å². The molecule has 0 aliphatic carbocycles. The van der Waals surface area contributed by atoms with E-state index in [1.54, 1.807) is 18.3 Å². The summed E-state index contributed by atoms with van der Waals surface area (Å²) >= 11 is 0. The number of aromatic nitrogens is 2. The van der Waals surface area contributed by atoms with Gasteiger partial charge in [-0.05, 0) is 48.9 Å². The van der Waals surface area contributed by atoms with Gasteiger partial charge in [-0.2, -0.15) is 0 Å². The van der Waals surface area contributed by atoms with Crippen LogP contribution in [-0.2, 0) is 6.54 Å². The van der Waals surface area contributed by atoms with Gasteiger partial charge in [0.2, 0.25) is 0 Å². The molecule has 0 aliphatic heterocycles. The van der Waals surface area contributed by atoms with Crippen LogP contribution in [0, 0.1) is 12.7 Å². The van der Waals surface area contributed by atoms with Gasteiger partial charge < -0.3 is 9.88 Å². The highest BCUT2D eigenvalue weighted by Crippen LogP contribution is 2.12. The van der Waals surface area contributed by atoms with Crippen LogP contribution in [0.1, 0.15) is 21.7 Å². The number of nitrogens with one attached hydrogen (secondary N) is 1. The number of carbonyl (C=O) groups excluding carboxylic acids is 1. The van der Waals surface area contributed by atoms with E-state index in [1.807, 2.05) is 29.8 Å². The highest BCUT2D eigenvalue weighted by molar-refractivity contribution is 6.04. The Kier molecular flexibility index (Phi) is 4.19. The SMILES string of the molecule is Cc1nccn1Cc1ccc(C(=O)Nc2ccc(F)cc2)cc1. The zero-order chi connectivity index (χ0) is 16.2. The third kappa shape index (κ3) is 3.63. The Bertz CT molecular complexity index is 807. The second kappa shape index (κ2) is 6.44. The third-order valence-electron chi connectivity index (χ3n) is 3.59. The molecule has 116 valence electrons. The van der Waals surface area contributed by atoms with Gasteiger partial charge in [0.1, 0.15) is 11.6 Å². The van der Waals surface area contributed by atoms with Crippen LogP contribution in [0.15, 0.2) is 60.9 Å². The Morgan fingerprint density at radius 2 is 1.83 bits per heavy atom. The highest BCUT2D eigenvalue weighted by Gasteiger charge is 2.07. The Morgan fingerprint density at radius 3 is 2.43 bits per heavy atom. The molecule has 3 rings (SSSR count). The number of hydrogen-bond acceptors (Lipinski definition) is 2. The zero-order valence-electron chi connectivity index (χ0n) is 12.7. The first-order valence-electron chi connectivity index (χ1n) is 7.25. The van der Waals surface area contributed by atoms with Gasteiger partial charge >= 0.3 is 0 Å². The molecule has 0 spiro atoms. The fourth-order valence-corrected chi connectivity index (χ4v) is 2.27. The lowest BCUT2D eigenvalue weighted by Gasteiger charge is -2.08. The second-order valence-corrected chi connectivity index (χ2v) is 5.26. The van der Waals surface area contributed by atoms with Crippen molar-refractivity contribution >= 4 is 11.6 Å². The lowest BCUT2D eigenvalue weighted by atomic mass is 10.1. The fraction of sp³-hybridized carbons (Fsp3) is 0.111. The van der Waals surface area contributed by atoms with Gasteiger partial charge in [0.15, 0.2) is 0 Å². The van der Waals surface area contributed by atoms with Crippen LogP contribution in [0.5, 0.6) is 0 Å². The highest BCUT2D eigenvalue weighted by atomic mass is 19.1. The molecule has 1 heterocycles. The van der Waals surface area contributed by atoms with E-state index < -0.39 is 0 Å². The smallest absolute Gasteiger partial charge is 0.255 e. The fourth-order valence-electron chi connectivity index (χ4n) is 2.27. The molecular weight excluding hydrogens is 293 g/mol. The molecule has 0 atom stereocenters. The number of rotatable bonds is 4. The van der Waals surface area contributed by atoms with Crippen LogP contribution in [0.25, 0.3) is 0 Å². The first kappa shape index (κ1) is 15.0. The monoisotopic (exact) mass is 309 g/mol. The van der Waals surface area contributed by atoms with Gasteiger partial charge in [-0.15, -0.1) is 0 Å². The molecule has 23 heavy (non-hydrogen) atoms. The molecule has 1 amide bonds. The van der Waals surface area contributed by atoms with Crippen molar-refractivity contribution in [2.75, 3.05) is 5.32 Å². The molecule has 0 radical (unpaired) electrons. The molecule has 0 saturated heterocycles. The summed E-state index contributed by atoms with van der Waals surface area (Å²) in [5, 5.41) is 2.74. The van der Waals surface area contributed by atoms with Gasteiger partial charge in [0.25, 0.3) is 5.91 Å². The normalized spacial score (nSPS) is 10.5. The van der Waals surface area contributed by atoms with Crippen molar-refractivity contribution in [2.45, 2.75) is 13.5 Å². The molecule has 0 fully saturated rings. The summed E-state index contributed by atoms with van der Waals surface area (Å²) < 4.78 is 14.9. The summed E-state index contributed by atoms with van der Waals surface area (Å²) in [6.45, 7) is 2.66. The first-order chi connectivity index (χ1) is 11.1. The molecule has 0 saturated carbocycles. The van der Waals surface area contributed by atoms with Gasteiger partial charge in [-0.25, -0.2) is 9.37 Å². The van der Waals surface area contributed by atoms with E-state index in [-0.39, 0.29) is 11.7 Å². The van der Waals surface area contributed by atoms with Crippen LogP contribution in [0.4, 0.5) is 10.1 Å². The van der Waals surface area contributed by atoms with Crippen LogP contribution in [-0.4, -0.2) is 15.5 Å². The Morgan fingerprint density at radius 1 is 1.13 bits per heavy atom. The maximum atomic E-state index is 12.9. The molecule has 0 aliphatic rings. The Hall–Kier alpha value is -2.95. The number of amides is 1. The van der Waals surface area contributed by atoms with E-state index >= 15 is 0 Å². The molecule has 2 aromatic carbocycles. The quantitative estimate of drug-likeness (QED) is 0.800. The summed E-state index contributed by atoms with van der Waals surface area (Å²) in [7, 11) is 0. The van der Waals surface area contributed by atoms with Gasteiger partial charge in [-0.3, -0.25) is 4.79 Å². The van der Waals surface area contributed by atoms with E-state index in [2.05, 4.69) is 10.3 Å². The van der Waals surface area contributed by atoms with E-state index in [0.717, 1.165) is 11.4 Å². The molecule has 0 bridgehead atoms. The van der Waals surface area contributed by atoms with Crippen molar-refractivity contribution in [2.24, 2.45) is 0 Å². The minimum atomic E-state index is -0.331. The van der Waals surface area contributed by atoms with Crippen LogP contribution in [0.3, 0.4) is 0 Å². The minimum Gasteiger partial charge on any atom is -0.331 e. The van der Waals surface area contributed by atoms with Crippen molar-refractivity contribution < 1.29 is 9.18 Å². The number of hydrogen-bond donors (Lipinski definition) is 1. The van der Waals surface area contributed by atoms with Crippen molar-refractivity contribution in [1.82, 2.24) is 9.55 Å². The average Bonchev–Trinajstić information content (AvgIpc) is 2.95. The first-order valence-corrected chi connectivity index (χ1v) is 7.25. The number of nitrogens with zero attached hydrogens (tertiary/aromatic N) is 2. The topological polar surface area (TPSA) is 46.9 Å². The van der Waals surface area contributed by atoms with E-state index in [9.17, 15) is 9.18 Å². The van der Waals surface area contributed by atoms with Crippen LogP contribution < -0.4 is 5.32 Å². The van der Waals surface area contributed by atoms with Gasteiger partial charge in [0, 0.05) is 30.2 Å². The molecule has 0 unspecified atom stereocenters. The predicted molar refractivity (Wildman–Crippen MR) is 86.9 cm³/mol. The molecule has 1 aromatic heterocycles. The number of carbonyl (C=O) groups is 1. The van der Waals surface area contributed by atoms with Gasteiger partial charge in [-0.1, -0.05) is 12.1 Å². The zero-order valence-corrected chi connectivity index (χ0v) is 12.7. The summed E-state index contributed by atoms with van der Waals surface area (Å²) in [6, 6.07) is 13.1. The largest absolute Gasteiger partial charge is 0.331 e. The number of imidazole rings is 1. The van der Waals surface area contributed by atoms with Crippen molar-refractivity contribution in [3.05, 3.63) is 83.7 Å². The summed E-state index contributed by atoms with van der Waals surface area (Å²) in [5.41, 5.74) is 2.21. The molecule has 5 heteroatoms. The molecule has 3 aromatic rings. The average molecular weight is 309 g/mol. The van der Waals surface area contributed by atoms with E-state index in [4.69, 9.17) is 0 Å². The van der Waals surface area contributed by atoms with Crippen LogP contribution in [0.2, 0.25) is 0 Å². The van der Waals surface area contributed by atoms with Crippen molar-refractivity contribution in [1.29, 1.82) is 0 Å². The van der Waals surface area contributed by atoms with Crippen LogP contribution >= 0.6 is 0 Å². The predicted octanol–water partition coefficient (Wildman–Crippen LogP) is 3.63. The summed E-state index contributed by atoms with van der Waals surface area (Å²) in [4.78, 5) is 16.3. The minimum absolute atomic E-state index is 0.220. The number of aryl methyl sites for hydroxylation is 1. The molecule has 4 nitrogen and oxygen atoms in total. The van der Waals surface area contributed by atoms with Crippen molar-refractivity contribution in [3.8, 4) is 0 Å². The lowest BCUT2D eigenvalue weighted by Crippen LogP contribution is -2.12. The van der Waals surface area contributed by atoms with E-state index in [0.29, 0.717) is 17.8 Å². The molecule has 1 N–H and O–H groups in total. The molecular formula is C18H16FN3O. The lowest BCUT2D eigenvalue weighted by molar-refractivity contribution is 0.102. The number of anilines is 1. The summed E-state index contributed by atoms with van der Waals surface area (Å²) in [5.74, 6) is 0.396. The second-order valence-electron chi connectivity index (χ2n) is 5.26. The standard InChI is InChI=1S/C18H16FN3O/c1-13-20-10-11-22(13)12-14-2-4-15(5-3-14)18(23)21-17-8-6-16(19)7-9-17/h2-11H,12H2,1H3,(H,21,23).